The molecule has 0 saturated carbocycles. The molecule has 8 nitrogen and oxygen atoms in total. The Balaban J connectivity index is 1.65. The molecule has 2 aromatic rings. The number of nitrogens with one attached hydrogen (secondary N) is 2. The van der Waals surface area contributed by atoms with Crippen LogP contribution in [0.15, 0.2) is 36.4 Å². The van der Waals surface area contributed by atoms with Gasteiger partial charge in [-0.15, -0.1) is 0 Å². The van der Waals surface area contributed by atoms with Crippen LogP contribution in [0.5, 0.6) is 17.2 Å². The van der Waals surface area contributed by atoms with Crippen molar-refractivity contribution in [1.82, 2.24) is 0 Å². The van der Waals surface area contributed by atoms with Crippen LogP contribution in [0.1, 0.15) is 24.1 Å². The van der Waals surface area contributed by atoms with E-state index < -0.39 is 0 Å². The fraction of sp³-hybridized carbons (Fsp3) is 0.455. The van der Waals surface area contributed by atoms with Crippen LogP contribution in [0, 0.1) is 10.1 Å². The number of rotatable bonds is 8. The van der Waals surface area contributed by atoms with Gasteiger partial charge in [-0.3, -0.25) is 10.1 Å². The molecule has 1 aliphatic heterocycles. The second-order valence-corrected chi connectivity index (χ2v) is 7.65. The van der Waals surface area contributed by atoms with Crippen molar-refractivity contribution >= 4 is 5.69 Å². The van der Waals surface area contributed by atoms with Crippen molar-refractivity contribution in [2.75, 3.05) is 47.5 Å². The SMILES string of the molecule is COc1ccc(C[NH+]2CC[NH+]([C@@H](C)c3cccc([N+](=O)[O-])c3)CC2)c(OC)c1OC. The number of hydrogen-bond acceptors (Lipinski definition) is 5. The lowest BCUT2D eigenvalue weighted by molar-refractivity contribution is -1.03. The van der Waals surface area contributed by atoms with Gasteiger partial charge in [-0.05, 0) is 19.1 Å². The lowest BCUT2D eigenvalue weighted by atomic mass is 10.0. The molecule has 1 fully saturated rings. The smallest absolute Gasteiger partial charge is 0.269 e. The van der Waals surface area contributed by atoms with Gasteiger partial charge in [0.2, 0.25) is 5.75 Å². The van der Waals surface area contributed by atoms with Gasteiger partial charge in [0.05, 0.1) is 31.8 Å². The maximum absolute atomic E-state index is 11.1. The molecule has 1 heterocycles. The third kappa shape index (κ3) is 4.66. The van der Waals surface area contributed by atoms with E-state index >= 15 is 0 Å². The van der Waals surface area contributed by atoms with Crippen LogP contribution < -0.4 is 24.0 Å². The minimum atomic E-state index is -0.329. The number of piperazine rings is 1. The highest BCUT2D eigenvalue weighted by Crippen LogP contribution is 2.39. The zero-order valence-corrected chi connectivity index (χ0v) is 18.1. The number of non-ortho nitro benzene ring substituents is 1. The molecule has 0 aliphatic carbocycles. The monoisotopic (exact) mass is 417 g/mol. The van der Waals surface area contributed by atoms with Crippen LogP contribution in [0.3, 0.4) is 0 Å². The molecule has 0 unspecified atom stereocenters. The summed E-state index contributed by atoms with van der Waals surface area (Å²) < 4.78 is 16.5. The number of nitrogens with zero attached hydrogens (tertiary/aromatic N) is 1. The second-order valence-electron chi connectivity index (χ2n) is 7.65. The number of ether oxygens (including phenoxy) is 3. The molecule has 3 rings (SSSR count). The van der Waals surface area contributed by atoms with Crippen molar-refractivity contribution < 1.29 is 28.9 Å². The van der Waals surface area contributed by atoms with E-state index in [-0.39, 0.29) is 16.7 Å². The van der Waals surface area contributed by atoms with E-state index in [1.54, 1.807) is 39.5 Å². The fourth-order valence-electron chi connectivity index (χ4n) is 4.25. The topological polar surface area (TPSA) is 79.7 Å². The number of nitro benzene ring substituents is 1. The number of quaternary nitrogens is 2. The molecule has 0 spiro atoms. The van der Waals surface area contributed by atoms with Crippen molar-refractivity contribution in [3.63, 3.8) is 0 Å². The number of nitro groups is 1. The minimum absolute atomic E-state index is 0.156. The molecule has 1 saturated heterocycles. The van der Waals surface area contributed by atoms with Gasteiger partial charge >= 0.3 is 0 Å². The normalized spacial score (nSPS) is 19.7. The lowest BCUT2D eigenvalue weighted by Crippen LogP contribution is -3.27. The highest BCUT2D eigenvalue weighted by Gasteiger charge is 2.29. The molecular weight excluding hydrogens is 386 g/mol. The van der Waals surface area contributed by atoms with Crippen LogP contribution in [0.4, 0.5) is 5.69 Å². The fourth-order valence-corrected chi connectivity index (χ4v) is 4.25. The predicted molar refractivity (Wildman–Crippen MR) is 113 cm³/mol. The Bertz CT molecular complexity index is 881. The van der Waals surface area contributed by atoms with E-state index in [9.17, 15) is 10.1 Å². The molecule has 0 amide bonds. The van der Waals surface area contributed by atoms with Gasteiger partial charge in [-0.25, -0.2) is 0 Å². The van der Waals surface area contributed by atoms with Crippen LogP contribution in [-0.4, -0.2) is 52.4 Å². The number of benzene rings is 2. The van der Waals surface area contributed by atoms with Crippen LogP contribution in [0.25, 0.3) is 0 Å². The minimum Gasteiger partial charge on any atom is -0.493 e. The second kappa shape index (κ2) is 9.77. The summed E-state index contributed by atoms with van der Waals surface area (Å²) in [7, 11) is 4.89. The van der Waals surface area contributed by atoms with Crippen LogP contribution in [-0.2, 0) is 6.54 Å². The summed E-state index contributed by atoms with van der Waals surface area (Å²) in [6, 6.07) is 11.2. The molecule has 8 heteroatoms. The Kier molecular flexibility index (Phi) is 7.12. The van der Waals surface area contributed by atoms with E-state index in [4.69, 9.17) is 14.2 Å². The molecule has 162 valence electrons. The van der Waals surface area contributed by atoms with Gasteiger partial charge in [0.15, 0.2) is 11.5 Å². The molecule has 0 radical (unpaired) electrons. The molecular formula is C22H31N3O5+2. The van der Waals surface area contributed by atoms with Gasteiger partial charge < -0.3 is 24.0 Å². The van der Waals surface area contributed by atoms with E-state index in [1.165, 1.54) is 9.80 Å². The summed E-state index contributed by atoms with van der Waals surface area (Å²) in [6.07, 6.45) is 0. The van der Waals surface area contributed by atoms with E-state index in [0.717, 1.165) is 49.6 Å². The zero-order valence-electron chi connectivity index (χ0n) is 18.1. The first-order valence-corrected chi connectivity index (χ1v) is 10.2. The molecule has 1 atom stereocenters. The largest absolute Gasteiger partial charge is 0.493 e. The summed E-state index contributed by atoms with van der Waals surface area (Å²) >= 11 is 0. The highest BCUT2D eigenvalue weighted by atomic mass is 16.6. The van der Waals surface area contributed by atoms with E-state index in [0.29, 0.717) is 11.5 Å². The van der Waals surface area contributed by atoms with Crippen molar-refractivity contribution in [3.8, 4) is 17.2 Å². The summed E-state index contributed by atoms with van der Waals surface area (Å²) in [4.78, 5) is 13.7. The Hall–Kier alpha value is -2.84. The average molecular weight is 418 g/mol. The first kappa shape index (κ1) is 21.9. The van der Waals surface area contributed by atoms with Crippen molar-refractivity contribution in [3.05, 3.63) is 57.6 Å². The molecule has 30 heavy (non-hydrogen) atoms. The van der Waals surface area contributed by atoms with Crippen molar-refractivity contribution in [1.29, 1.82) is 0 Å². The van der Waals surface area contributed by atoms with Gasteiger partial charge in [0.25, 0.3) is 5.69 Å². The van der Waals surface area contributed by atoms with Gasteiger partial charge in [0.1, 0.15) is 38.8 Å². The summed E-state index contributed by atoms with van der Waals surface area (Å²) in [6.45, 7) is 7.06. The maximum Gasteiger partial charge on any atom is 0.269 e. The number of hydrogen-bond donors (Lipinski definition) is 2. The number of methoxy groups -OCH3 is 3. The first-order valence-electron chi connectivity index (χ1n) is 10.2. The Labute approximate surface area is 177 Å². The third-order valence-electron chi connectivity index (χ3n) is 6.02. The third-order valence-corrected chi connectivity index (χ3v) is 6.02. The van der Waals surface area contributed by atoms with E-state index in [2.05, 4.69) is 6.92 Å². The van der Waals surface area contributed by atoms with Crippen LogP contribution in [0.2, 0.25) is 0 Å². The predicted octanol–water partition coefficient (Wildman–Crippen LogP) is 0.665. The molecule has 2 N–H and O–H groups in total. The maximum atomic E-state index is 11.1. The first-order chi connectivity index (χ1) is 14.5. The van der Waals surface area contributed by atoms with Crippen LogP contribution >= 0.6 is 0 Å². The van der Waals surface area contributed by atoms with Gasteiger partial charge in [-0.1, -0.05) is 12.1 Å². The zero-order chi connectivity index (χ0) is 21.7. The van der Waals surface area contributed by atoms with Gasteiger partial charge in [0, 0.05) is 17.7 Å². The standard InChI is InChI=1S/C22H29N3O5/c1-16(17-6-5-7-19(14-17)25(26)27)24-12-10-23(11-13-24)15-18-8-9-20(28-2)22(30-4)21(18)29-3/h5-9,14,16H,10-13,15H2,1-4H3/p+2/t16-/m0/s1. The molecule has 0 aromatic heterocycles. The Morgan fingerprint density at radius 3 is 2.30 bits per heavy atom. The summed E-state index contributed by atoms with van der Waals surface area (Å²) in [5.74, 6) is 2.01. The highest BCUT2D eigenvalue weighted by molar-refractivity contribution is 5.55. The van der Waals surface area contributed by atoms with Crippen molar-refractivity contribution in [2.45, 2.75) is 19.5 Å². The van der Waals surface area contributed by atoms with Gasteiger partial charge in [-0.2, -0.15) is 0 Å². The summed E-state index contributed by atoms with van der Waals surface area (Å²) in [5, 5.41) is 11.1. The Morgan fingerprint density at radius 1 is 1.00 bits per heavy atom. The average Bonchev–Trinajstić information content (AvgIpc) is 2.78. The molecule has 0 bridgehead atoms. The molecule has 1 aliphatic rings. The summed E-state index contributed by atoms with van der Waals surface area (Å²) in [5.41, 5.74) is 2.27. The Morgan fingerprint density at radius 2 is 1.70 bits per heavy atom. The quantitative estimate of drug-likeness (QED) is 0.488. The van der Waals surface area contributed by atoms with Crippen molar-refractivity contribution in [2.24, 2.45) is 0 Å². The lowest BCUT2D eigenvalue weighted by Gasteiger charge is -2.33. The molecule has 2 aromatic carbocycles. The van der Waals surface area contributed by atoms with E-state index in [1.807, 2.05) is 18.2 Å².